The third kappa shape index (κ3) is 5.48. The van der Waals surface area contributed by atoms with Crippen LogP contribution in [0.15, 0.2) is 205 Å². The first kappa shape index (κ1) is 31.6. The van der Waals surface area contributed by atoms with Crippen molar-refractivity contribution in [3.63, 3.8) is 0 Å². The van der Waals surface area contributed by atoms with E-state index in [1.54, 1.807) is 0 Å². The molecular weight excluding hydrogens is 687 g/mol. The van der Waals surface area contributed by atoms with E-state index in [2.05, 4.69) is 199 Å². The molecule has 11 rings (SSSR count). The number of nitrogens with zero attached hydrogens (tertiary/aromatic N) is 1. The third-order valence-corrected chi connectivity index (χ3v) is 12.0. The Hall–Kier alpha value is -6.94. The van der Waals surface area contributed by atoms with Crippen molar-refractivity contribution < 1.29 is 4.42 Å². The molecule has 3 heteroatoms. The van der Waals surface area contributed by atoms with Gasteiger partial charge in [0.15, 0.2) is 0 Å². The predicted molar refractivity (Wildman–Crippen MR) is 235 cm³/mol. The SMILES string of the molecule is c1ccc(-c2cc(-c3cccc4c3oc3ccccc34)cc(N(c3ccc(-c4ccc5ccccc5c4)cc3)c3ccc4c(c3)sc3ccccc34)c2)cc1. The van der Waals surface area contributed by atoms with Crippen LogP contribution in [0.2, 0.25) is 0 Å². The third-order valence-electron chi connectivity index (χ3n) is 10.8. The highest BCUT2D eigenvalue weighted by Crippen LogP contribution is 2.45. The zero-order valence-corrected chi connectivity index (χ0v) is 30.6. The molecule has 0 saturated carbocycles. The molecule has 0 aliphatic carbocycles. The molecule has 11 aromatic rings. The first-order valence-electron chi connectivity index (χ1n) is 18.7. The maximum atomic E-state index is 6.60. The second-order valence-electron chi connectivity index (χ2n) is 14.1. The van der Waals surface area contributed by atoms with E-state index in [4.69, 9.17) is 4.42 Å². The van der Waals surface area contributed by atoms with Crippen LogP contribution in [0, 0.1) is 0 Å². The zero-order valence-electron chi connectivity index (χ0n) is 29.8. The highest BCUT2D eigenvalue weighted by atomic mass is 32.1. The summed E-state index contributed by atoms with van der Waals surface area (Å²) in [5.74, 6) is 0. The fourth-order valence-electron chi connectivity index (χ4n) is 8.14. The lowest BCUT2D eigenvalue weighted by atomic mass is 9.96. The second-order valence-corrected chi connectivity index (χ2v) is 15.2. The normalized spacial score (nSPS) is 11.6. The van der Waals surface area contributed by atoms with Crippen LogP contribution in [0.1, 0.15) is 0 Å². The largest absolute Gasteiger partial charge is 0.455 e. The van der Waals surface area contributed by atoms with Gasteiger partial charge in [0.25, 0.3) is 0 Å². The molecule has 258 valence electrons. The number of thiophene rings is 1. The van der Waals surface area contributed by atoms with E-state index in [9.17, 15) is 0 Å². The van der Waals surface area contributed by atoms with Crippen molar-refractivity contribution in [2.75, 3.05) is 4.90 Å². The fourth-order valence-corrected chi connectivity index (χ4v) is 9.28. The monoisotopic (exact) mass is 719 g/mol. The van der Waals surface area contributed by atoms with Crippen LogP contribution >= 0.6 is 11.3 Å². The lowest BCUT2D eigenvalue weighted by molar-refractivity contribution is 0.670. The summed E-state index contributed by atoms with van der Waals surface area (Å²) in [6.45, 7) is 0. The van der Waals surface area contributed by atoms with Crippen LogP contribution in [-0.4, -0.2) is 0 Å². The molecule has 55 heavy (non-hydrogen) atoms. The molecule has 0 aliphatic heterocycles. The Bertz CT molecular complexity index is 3210. The van der Waals surface area contributed by atoms with Crippen LogP contribution in [0.5, 0.6) is 0 Å². The van der Waals surface area contributed by atoms with Crippen LogP contribution < -0.4 is 4.90 Å². The number of fused-ring (bicyclic) bond motifs is 7. The van der Waals surface area contributed by atoms with Gasteiger partial charge in [-0.05, 0) is 99.3 Å². The average Bonchev–Trinajstić information content (AvgIpc) is 3.82. The van der Waals surface area contributed by atoms with E-state index in [0.717, 1.165) is 61.3 Å². The van der Waals surface area contributed by atoms with Crippen molar-refractivity contribution in [3.05, 3.63) is 200 Å². The van der Waals surface area contributed by atoms with Crippen LogP contribution in [0.4, 0.5) is 17.1 Å². The van der Waals surface area contributed by atoms with E-state index in [1.807, 2.05) is 17.4 Å². The van der Waals surface area contributed by atoms with Gasteiger partial charge in [0.1, 0.15) is 11.2 Å². The molecule has 0 bridgehead atoms. The molecule has 0 spiro atoms. The first-order valence-corrected chi connectivity index (χ1v) is 19.5. The Labute approximate surface area is 322 Å². The smallest absolute Gasteiger partial charge is 0.143 e. The number of anilines is 3. The zero-order chi connectivity index (χ0) is 36.3. The van der Waals surface area contributed by atoms with Crippen molar-refractivity contribution >= 4 is 81.3 Å². The molecule has 0 radical (unpaired) electrons. The van der Waals surface area contributed by atoms with Gasteiger partial charge in [0, 0.05) is 53.6 Å². The summed E-state index contributed by atoms with van der Waals surface area (Å²) in [6, 6.07) is 72.3. The number of furan rings is 1. The number of hydrogen-bond donors (Lipinski definition) is 0. The standard InChI is InChI=1S/C52H33NOS/c1-2-11-34(12-3-1)39-30-40(44-17-10-18-48-45-15-6-8-19-49(45)54-52(44)48)32-43(31-39)53(42-27-28-47-46-16-7-9-20-50(46)55-51(47)33-42)41-25-23-36(24-26-41)38-22-21-35-13-4-5-14-37(35)29-38/h1-33H. The van der Waals surface area contributed by atoms with Gasteiger partial charge in [0.05, 0.1) is 0 Å². The first-order chi connectivity index (χ1) is 27.2. The fraction of sp³-hybridized carbons (Fsp3) is 0. The minimum atomic E-state index is 0.897. The highest BCUT2D eigenvalue weighted by molar-refractivity contribution is 7.25. The molecule has 2 nitrogen and oxygen atoms in total. The summed E-state index contributed by atoms with van der Waals surface area (Å²) in [5.41, 5.74) is 11.9. The van der Waals surface area contributed by atoms with Crippen LogP contribution in [0.3, 0.4) is 0 Å². The summed E-state index contributed by atoms with van der Waals surface area (Å²) < 4.78 is 9.17. The molecule has 9 aromatic carbocycles. The highest BCUT2D eigenvalue weighted by Gasteiger charge is 2.19. The maximum Gasteiger partial charge on any atom is 0.143 e. The van der Waals surface area contributed by atoms with Gasteiger partial charge in [-0.3, -0.25) is 0 Å². The lowest BCUT2D eigenvalue weighted by Crippen LogP contribution is -2.10. The molecule has 2 heterocycles. The number of para-hydroxylation sites is 2. The molecular formula is C52H33NOS. The number of rotatable bonds is 6. The van der Waals surface area contributed by atoms with E-state index in [-0.39, 0.29) is 0 Å². The Kier molecular flexibility index (Phi) is 7.39. The van der Waals surface area contributed by atoms with Gasteiger partial charge in [-0.25, -0.2) is 0 Å². The van der Waals surface area contributed by atoms with Gasteiger partial charge >= 0.3 is 0 Å². The average molecular weight is 720 g/mol. The molecule has 0 atom stereocenters. The van der Waals surface area contributed by atoms with Crippen LogP contribution in [0.25, 0.3) is 86.3 Å². The summed E-state index contributed by atoms with van der Waals surface area (Å²) in [6.07, 6.45) is 0. The maximum absolute atomic E-state index is 6.60. The molecule has 2 aromatic heterocycles. The molecule has 0 fully saturated rings. The van der Waals surface area contributed by atoms with Gasteiger partial charge in [0.2, 0.25) is 0 Å². The van der Waals surface area contributed by atoms with E-state index in [0.29, 0.717) is 0 Å². The predicted octanol–water partition coefficient (Wildman–Crippen LogP) is 15.6. The molecule has 0 N–H and O–H groups in total. The Morgan fingerprint density at radius 1 is 0.345 bits per heavy atom. The Morgan fingerprint density at radius 3 is 1.91 bits per heavy atom. The molecule has 0 unspecified atom stereocenters. The van der Waals surface area contributed by atoms with E-state index < -0.39 is 0 Å². The van der Waals surface area contributed by atoms with Crippen molar-refractivity contribution in [2.24, 2.45) is 0 Å². The Morgan fingerprint density at radius 2 is 1.02 bits per heavy atom. The summed E-state index contributed by atoms with van der Waals surface area (Å²) in [5, 5.41) is 7.32. The van der Waals surface area contributed by atoms with Crippen molar-refractivity contribution in [2.45, 2.75) is 0 Å². The summed E-state index contributed by atoms with van der Waals surface area (Å²) in [4.78, 5) is 2.41. The Balaban J connectivity index is 1.13. The summed E-state index contributed by atoms with van der Waals surface area (Å²) in [7, 11) is 0. The van der Waals surface area contributed by atoms with Crippen LogP contribution in [-0.2, 0) is 0 Å². The van der Waals surface area contributed by atoms with Gasteiger partial charge in [-0.15, -0.1) is 11.3 Å². The van der Waals surface area contributed by atoms with Crippen molar-refractivity contribution in [1.29, 1.82) is 0 Å². The minimum Gasteiger partial charge on any atom is -0.455 e. The van der Waals surface area contributed by atoms with E-state index in [1.165, 1.54) is 42.1 Å². The van der Waals surface area contributed by atoms with Gasteiger partial charge in [-0.2, -0.15) is 0 Å². The lowest BCUT2D eigenvalue weighted by Gasteiger charge is -2.27. The molecule has 0 aliphatic rings. The second kappa shape index (κ2) is 12.9. The topological polar surface area (TPSA) is 16.4 Å². The minimum absolute atomic E-state index is 0.897. The quantitative estimate of drug-likeness (QED) is 0.170. The van der Waals surface area contributed by atoms with Crippen molar-refractivity contribution in [3.8, 4) is 33.4 Å². The van der Waals surface area contributed by atoms with Gasteiger partial charge < -0.3 is 9.32 Å². The number of benzene rings is 9. The van der Waals surface area contributed by atoms with E-state index >= 15 is 0 Å². The van der Waals surface area contributed by atoms with Crippen molar-refractivity contribution in [1.82, 2.24) is 0 Å². The number of hydrogen-bond acceptors (Lipinski definition) is 3. The van der Waals surface area contributed by atoms with Gasteiger partial charge in [-0.1, -0.05) is 140 Å². The molecule has 0 saturated heterocycles. The molecule has 0 amide bonds. The summed E-state index contributed by atoms with van der Waals surface area (Å²) >= 11 is 1.85.